The average molecular weight is 476 g/mol. The van der Waals surface area contributed by atoms with Gasteiger partial charge >= 0.3 is 0 Å². The standard InChI is InChI=1S/C16H9Cl6NO3/c17-10-11(18)15(20)9-8(14(10,19)16(15,21)22)12(24)23(13(9)25)26-6-7-4-2-1-3-5-7/h1-5,8-9H,6H2/t8-,9+,14-,15-/m1/s1. The predicted molar refractivity (Wildman–Crippen MR) is 100 cm³/mol. The first-order valence-corrected chi connectivity index (χ1v) is 9.73. The number of hydrogen-bond donors (Lipinski definition) is 0. The molecule has 3 aliphatic rings. The Hall–Kier alpha value is -0.200. The molecule has 1 saturated carbocycles. The van der Waals surface area contributed by atoms with Crippen molar-refractivity contribution in [1.29, 1.82) is 0 Å². The number of hydrogen-bond acceptors (Lipinski definition) is 3. The molecule has 4 nitrogen and oxygen atoms in total. The Kier molecular flexibility index (Phi) is 4.34. The van der Waals surface area contributed by atoms with Crippen LogP contribution in [0.1, 0.15) is 5.56 Å². The van der Waals surface area contributed by atoms with Gasteiger partial charge in [-0.2, -0.15) is 5.06 Å². The van der Waals surface area contributed by atoms with E-state index < -0.39 is 37.7 Å². The number of halogens is 6. The summed E-state index contributed by atoms with van der Waals surface area (Å²) < 4.78 is -1.94. The third-order valence-corrected chi connectivity index (χ3v) is 9.33. The molecular weight excluding hydrogens is 467 g/mol. The van der Waals surface area contributed by atoms with Crippen LogP contribution in [0.15, 0.2) is 40.4 Å². The summed E-state index contributed by atoms with van der Waals surface area (Å²) in [4.78, 5) is 27.6. The molecule has 2 fully saturated rings. The number of allylic oxidation sites excluding steroid dienone is 2. The molecule has 1 aromatic carbocycles. The highest BCUT2D eigenvalue weighted by molar-refractivity contribution is 6.66. The van der Waals surface area contributed by atoms with E-state index in [2.05, 4.69) is 0 Å². The lowest BCUT2D eigenvalue weighted by molar-refractivity contribution is -0.193. The van der Waals surface area contributed by atoms with Crippen LogP contribution in [-0.2, 0) is 21.0 Å². The number of carbonyl (C=O) groups is 2. The van der Waals surface area contributed by atoms with Gasteiger partial charge in [-0.1, -0.05) is 76.7 Å². The van der Waals surface area contributed by atoms with Crippen molar-refractivity contribution < 1.29 is 14.4 Å². The van der Waals surface area contributed by atoms with Crippen LogP contribution >= 0.6 is 69.6 Å². The third-order valence-electron chi connectivity index (χ3n) is 5.07. The molecule has 2 bridgehead atoms. The number of imide groups is 1. The van der Waals surface area contributed by atoms with Gasteiger partial charge in [-0.25, -0.2) is 0 Å². The fourth-order valence-electron chi connectivity index (χ4n) is 3.81. The zero-order chi connectivity index (χ0) is 19.1. The minimum Gasteiger partial charge on any atom is -0.272 e. The number of rotatable bonds is 3. The van der Waals surface area contributed by atoms with E-state index in [0.29, 0.717) is 5.06 Å². The monoisotopic (exact) mass is 473 g/mol. The first-order chi connectivity index (χ1) is 12.1. The lowest BCUT2D eigenvalue weighted by Crippen LogP contribution is -2.49. The Balaban J connectivity index is 1.70. The van der Waals surface area contributed by atoms with Crippen LogP contribution in [0.25, 0.3) is 0 Å². The molecular formula is C16H9Cl6NO3. The Morgan fingerprint density at radius 1 is 0.885 bits per heavy atom. The highest BCUT2D eigenvalue weighted by atomic mass is 35.5. The van der Waals surface area contributed by atoms with E-state index in [4.69, 9.17) is 74.4 Å². The van der Waals surface area contributed by atoms with Crippen molar-refractivity contribution in [3.8, 4) is 0 Å². The van der Waals surface area contributed by atoms with Crippen molar-refractivity contribution in [2.45, 2.75) is 20.7 Å². The molecule has 1 aromatic rings. The average Bonchev–Trinajstić information content (AvgIpc) is 2.99. The van der Waals surface area contributed by atoms with Gasteiger partial charge in [0.15, 0.2) is 4.33 Å². The van der Waals surface area contributed by atoms with Gasteiger partial charge in [0.2, 0.25) is 0 Å². The van der Waals surface area contributed by atoms with Gasteiger partial charge in [0.05, 0.1) is 21.9 Å². The first kappa shape index (κ1) is 19.1. The lowest BCUT2D eigenvalue weighted by atomic mass is 9.84. The van der Waals surface area contributed by atoms with Crippen molar-refractivity contribution >= 4 is 81.4 Å². The smallest absolute Gasteiger partial charge is 0.259 e. The third kappa shape index (κ3) is 1.99. The Labute approximate surface area is 178 Å². The van der Waals surface area contributed by atoms with Crippen molar-refractivity contribution in [3.63, 3.8) is 0 Å². The maximum absolute atomic E-state index is 12.9. The summed E-state index contributed by atoms with van der Waals surface area (Å²) in [6.45, 7) is 0.00408. The Morgan fingerprint density at radius 2 is 1.35 bits per heavy atom. The molecule has 0 spiro atoms. The van der Waals surface area contributed by atoms with E-state index in [9.17, 15) is 9.59 Å². The number of alkyl halides is 4. The number of carbonyl (C=O) groups excluding carboxylic acids is 2. The summed E-state index contributed by atoms with van der Waals surface area (Å²) >= 11 is 38.4. The summed E-state index contributed by atoms with van der Waals surface area (Å²) in [5, 5.41) is 0.389. The van der Waals surface area contributed by atoms with Crippen LogP contribution in [0.5, 0.6) is 0 Å². The van der Waals surface area contributed by atoms with Gasteiger partial charge in [0, 0.05) is 0 Å². The molecule has 1 aliphatic heterocycles. The molecule has 26 heavy (non-hydrogen) atoms. The molecule has 4 atom stereocenters. The molecule has 0 aromatic heterocycles. The second-order valence-corrected chi connectivity index (χ2v) is 9.59. The SMILES string of the molecule is O=C1[C@@H]2[C@H](C(=O)N1OCc1ccccc1)[C@@]1(Cl)C(Cl)=C(Cl)[C@@]2(Cl)C1(Cl)Cl. The van der Waals surface area contributed by atoms with Crippen molar-refractivity contribution in [2.24, 2.45) is 11.8 Å². The molecule has 4 rings (SSSR count). The van der Waals surface area contributed by atoms with Gasteiger partial charge in [-0.05, 0) is 5.56 Å². The Morgan fingerprint density at radius 3 is 1.81 bits per heavy atom. The minimum absolute atomic E-state index is 0.00408. The van der Waals surface area contributed by atoms with E-state index in [1.54, 1.807) is 12.1 Å². The molecule has 138 valence electrons. The number of fused-ring (bicyclic) bond motifs is 5. The number of hydroxylamine groups is 2. The fourth-order valence-corrected chi connectivity index (χ4v) is 6.74. The molecule has 2 amide bonds. The van der Waals surface area contributed by atoms with Crippen molar-refractivity contribution in [3.05, 3.63) is 46.0 Å². The van der Waals surface area contributed by atoms with Gasteiger partial charge < -0.3 is 0 Å². The van der Waals surface area contributed by atoms with Crippen molar-refractivity contribution in [1.82, 2.24) is 5.06 Å². The van der Waals surface area contributed by atoms with Crippen LogP contribution in [0, 0.1) is 11.8 Å². The topological polar surface area (TPSA) is 46.6 Å². The van der Waals surface area contributed by atoms with E-state index in [1.165, 1.54) is 0 Å². The number of nitrogens with zero attached hydrogens (tertiary/aromatic N) is 1. The van der Waals surface area contributed by atoms with Crippen LogP contribution in [0.3, 0.4) is 0 Å². The van der Waals surface area contributed by atoms with Crippen LogP contribution in [0.2, 0.25) is 0 Å². The first-order valence-electron chi connectivity index (χ1n) is 7.46. The predicted octanol–water partition coefficient (Wildman–Crippen LogP) is 4.56. The second-order valence-electron chi connectivity index (χ2n) is 6.31. The number of amides is 2. The largest absolute Gasteiger partial charge is 0.272 e. The zero-order valence-corrected chi connectivity index (χ0v) is 17.2. The van der Waals surface area contributed by atoms with Gasteiger partial charge in [-0.15, -0.1) is 23.2 Å². The molecule has 1 saturated heterocycles. The normalized spacial score (nSPS) is 37.7. The fraction of sp³-hybridized carbons (Fsp3) is 0.375. The van der Waals surface area contributed by atoms with Crippen LogP contribution in [0.4, 0.5) is 0 Å². The van der Waals surface area contributed by atoms with Gasteiger partial charge in [0.25, 0.3) is 11.8 Å². The van der Waals surface area contributed by atoms with Crippen LogP contribution < -0.4 is 0 Å². The minimum atomic E-state index is -1.94. The Bertz CT molecular complexity index is 813. The molecule has 10 heteroatoms. The van der Waals surface area contributed by atoms with Crippen molar-refractivity contribution in [2.75, 3.05) is 0 Å². The van der Waals surface area contributed by atoms with E-state index in [0.717, 1.165) is 5.56 Å². The second kappa shape index (κ2) is 5.90. The quantitative estimate of drug-likeness (QED) is 0.475. The summed E-state index contributed by atoms with van der Waals surface area (Å²) in [6.07, 6.45) is 0. The summed E-state index contributed by atoms with van der Waals surface area (Å²) in [5.41, 5.74) is 0.771. The van der Waals surface area contributed by atoms with Crippen LogP contribution in [-0.4, -0.2) is 31.0 Å². The summed E-state index contributed by atoms with van der Waals surface area (Å²) in [5.74, 6) is -3.78. The maximum atomic E-state index is 12.9. The lowest BCUT2D eigenvalue weighted by Gasteiger charge is -2.34. The maximum Gasteiger partial charge on any atom is 0.259 e. The highest BCUT2D eigenvalue weighted by Gasteiger charge is 2.87. The molecule has 2 aliphatic carbocycles. The van der Waals surface area contributed by atoms with Gasteiger partial charge in [0.1, 0.15) is 16.4 Å². The highest BCUT2D eigenvalue weighted by Crippen LogP contribution is 2.77. The molecule has 0 N–H and O–H groups in total. The van der Waals surface area contributed by atoms with E-state index >= 15 is 0 Å². The van der Waals surface area contributed by atoms with E-state index in [1.807, 2.05) is 18.2 Å². The van der Waals surface area contributed by atoms with Gasteiger partial charge in [-0.3, -0.25) is 14.4 Å². The summed E-state index contributed by atoms with van der Waals surface area (Å²) in [6, 6.07) is 9.03. The zero-order valence-electron chi connectivity index (χ0n) is 12.7. The van der Waals surface area contributed by atoms with E-state index in [-0.39, 0.29) is 16.7 Å². The summed E-state index contributed by atoms with van der Waals surface area (Å²) in [7, 11) is 0. The molecule has 0 radical (unpaired) electrons. The molecule has 1 heterocycles. The number of benzene rings is 1. The molecule has 0 unspecified atom stereocenters.